The third-order valence-electron chi connectivity index (χ3n) is 3.41. The van der Waals surface area contributed by atoms with Gasteiger partial charge in [0.1, 0.15) is 0 Å². The van der Waals surface area contributed by atoms with Gasteiger partial charge in [0.05, 0.1) is 19.3 Å². The number of benzene rings is 1. The summed E-state index contributed by atoms with van der Waals surface area (Å²) in [6.07, 6.45) is -1.52. The zero-order valence-electron chi connectivity index (χ0n) is 12.2. The van der Waals surface area contributed by atoms with E-state index in [4.69, 9.17) is 9.47 Å². The van der Waals surface area contributed by atoms with Gasteiger partial charge < -0.3 is 19.5 Å². The Labute approximate surface area is 123 Å². The predicted octanol–water partition coefficient (Wildman–Crippen LogP) is 1.51. The molecule has 0 aliphatic carbocycles. The fourth-order valence-electron chi connectivity index (χ4n) is 2.15. The minimum absolute atomic E-state index is 0.00788. The molecule has 1 heterocycles. The first kappa shape index (κ1) is 15.7. The van der Waals surface area contributed by atoms with Gasteiger partial charge in [-0.3, -0.25) is 4.79 Å². The quantitative estimate of drug-likeness (QED) is 0.915. The maximum atomic E-state index is 13.9. The first-order chi connectivity index (χ1) is 9.99. The maximum Gasteiger partial charge on any atom is 0.263 e. The summed E-state index contributed by atoms with van der Waals surface area (Å²) < 4.78 is 24.5. The molecule has 1 aliphatic heterocycles. The molecule has 1 aromatic rings. The molecule has 1 N–H and O–H groups in total. The number of halogens is 1. The molecule has 1 unspecified atom stereocenters. The van der Waals surface area contributed by atoms with E-state index in [0.29, 0.717) is 31.9 Å². The number of aliphatic hydroxyl groups is 1. The van der Waals surface area contributed by atoms with Crippen molar-refractivity contribution in [1.82, 2.24) is 4.90 Å². The zero-order valence-corrected chi connectivity index (χ0v) is 12.2. The van der Waals surface area contributed by atoms with E-state index in [0.717, 1.165) is 0 Å². The van der Waals surface area contributed by atoms with Gasteiger partial charge in [-0.1, -0.05) is 6.07 Å². The van der Waals surface area contributed by atoms with E-state index in [1.54, 1.807) is 24.8 Å². The Kier molecular flexibility index (Phi) is 5.14. The monoisotopic (exact) mass is 297 g/mol. The highest BCUT2D eigenvalue weighted by Gasteiger charge is 2.24. The van der Waals surface area contributed by atoms with Gasteiger partial charge in [0.2, 0.25) is 0 Å². The fraction of sp³-hybridized carbons (Fsp3) is 0.533. The largest absolute Gasteiger partial charge is 0.478 e. The Morgan fingerprint density at radius 2 is 2.05 bits per heavy atom. The maximum absolute atomic E-state index is 13.9. The van der Waals surface area contributed by atoms with E-state index in [1.807, 2.05) is 0 Å². The van der Waals surface area contributed by atoms with Crippen LogP contribution in [0.2, 0.25) is 0 Å². The molecular weight excluding hydrogens is 277 g/mol. The summed E-state index contributed by atoms with van der Waals surface area (Å²) in [5.41, 5.74) is 0.465. The molecule has 1 fully saturated rings. The van der Waals surface area contributed by atoms with Gasteiger partial charge in [-0.25, -0.2) is 4.39 Å². The van der Waals surface area contributed by atoms with Crippen molar-refractivity contribution in [3.8, 4) is 5.75 Å². The molecule has 1 aliphatic rings. The highest BCUT2D eigenvalue weighted by molar-refractivity contribution is 5.81. The summed E-state index contributed by atoms with van der Waals surface area (Å²) in [6, 6.07) is 4.22. The Hall–Kier alpha value is -1.66. The van der Waals surface area contributed by atoms with Crippen LogP contribution in [0.5, 0.6) is 5.75 Å². The van der Waals surface area contributed by atoms with Crippen LogP contribution < -0.4 is 4.74 Å². The highest BCUT2D eigenvalue weighted by Crippen LogP contribution is 2.23. The summed E-state index contributed by atoms with van der Waals surface area (Å²) >= 11 is 0. The topological polar surface area (TPSA) is 59.0 Å². The van der Waals surface area contributed by atoms with Gasteiger partial charge in [-0.05, 0) is 31.5 Å². The summed E-state index contributed by atoms with van der Waals surface area (Å²) in [5.74, 6) is -0.763. The van der Waals surface area contributed by atoms with Crippen LogP contribution in [0.1, 0.15) is 25.5 Å². The third-order valence-corrected chi connectivity index (χ3v) is 3.41. The molecule has 0 aromatic heterocycles. The molecule has 1 saturated heterocycles. The van der Waals surface area contributed by atoms with Crippen molar-refractivity contribution in [3.63, 3.8) is 0 Å². The van der Waals surface area contributed by atoms with Crippen LogP contribution in [0.3, 0.4) is 0 Å². The number of nitrogens with zero attached hydrogens (tertiary/aromatic N) is 1. The molecule has 116 valence electrons. The minimum atomic E-state index is -0.769. The first-order valence-corrected chi connectivity index (χ1v) is 6.99. The molecule has 21 heavy (non-hydrogen) atoms. The molecule has 0 radical (unpaired) electrons. The lowest BCUT2D eigenvalue weighted by atomic mass is 10.1. The van der Waals surface area contributed by atoms with Crippen LogP contribution in [-0.2, 0) is 9.53 Å². The first-order valence-electron chi connectivity index (χ1n) is 6.99. The summed E-state index contributed by atoms with van der Waals surface area (Å²) in [4.78, 5) is 13.8. The molecular formula is C15H20FNO4. The molecule has 2 atom stereocenters. The number of ether oxygens (including phenoxy) is 2. The van der Waals surface area contributed by atoms with Crippen molar-refractivity contribution < 1.29 is 23.8 Å². The zero-order chi connectivity index (χ0) is 15.4. The number of carbonyl (C=O) groups is 1. The van der Waals surface area contributed by atoms with E-state index in [-0.39, 0.29) is 11.7 Å². The standard InChI is InChI=1S/C15H20FNO4/c1-10(18)12-3-4-14(13(16)9-12)21-11(2)15(19)17-5-7-20-8-6-17/h3-4,9-11,18H,5-8H2,1-2H3/t10-,11?/m0/s1. The second kappa shape index (κ2) is 6.87. The van der Waals surface area contributed by atoms with Crippen LogP contribution in [-0.4, -0.2) is 48.3 Å². The normalized spacial score (nSPS) is 18.2. The van der Waals surface area contributed by atoms with Crippen molar-refractivity contribution in [2.75, 3.05) is 26.3 Å². The van der Waals surface area contributed by atoms with Gasteiger partial charge >= 0.3 is 0 Å². The van der Waals surface area contributed by atoms with Crippen molar-refractivity contribution in [1.29, 1.82) is 0 Å². The third kappa shape index (κ3) is 3.92. The molecule has 2 rings (SSSR count). The number of morpholine rings is 1. The SMILES string of the molecule is CC(Oc1ccc([C@H](C)O)cc1F)C(=O)N1CCOCC1. The van der Waals surface area contributed by atoms with Gasteiger partial charge in [-0.15, -0.1) is 0 Å². The van der Waals surface area contributed by atoms with Crippen LogP contribution in [0.25, 0.3) is 0 Å². The Balaban J connectivity index is 2.01. The highest BCUT2D eigenvalue weighted by atomic mass is 19.1. The fourth-order valence-corrected chi connectivity index (χ4v) is 2.15. The molecule has 0 bridgehead atoms. The van der Waals surface area contributed by atoms with Crippen molar-refractivity contribution in [2.24, 2.45) is 0 Å². The predicted molar refractivity (Wildman–Crippen MR) is 74.5 cm³/mol. The van der Waals surface area contributed by atoms with E-state index in [1.165, 1.54) is 12.1 Å². The number of hydrogen-bond acceptors (Lipinski definition) is 4. The smallest absolute Gasteiger partial charge is 0.263 e. The van der Waals surface area contributed by atoms with Crippen LogP contribution >= 0.6 is 0 Å². The Morgan fingerprint density at radius 1 is 1.38 bits per heavy atom. The Morgan fingerprint density at radius 3 is 2.62 bits per heavy atom. The molecule has 5 nitrogen and oxygen atoms in total. The number of hydrogen-bond donors (Lipinski definition) is 1. The average molecular weight is 297 g/mol. The van der Waals surface area contributed by atoms with E-state index in [2.05, 4.69) is 0 Å². The van der Waals surface area contributed by atoms with E-state index >= 15 is 0 Å². The lowest BCUT2D eigenvalue weighted by Crippen LogP contribution is -2.46. The average Bonchev–Trinajstić information content (AvgIpc) is 2.49. The van der Waals surface area contributed by atoms with Crippen molar-refractivity contribution in [2.45, 2.75) is 26.1 Å². The second-order valence-corrected chi connectivity index (χ2v) is 5.06. The molecule has 0 saturated carbocycles. The number of rotatable bonds is 4. The minimum Gasteiger partial charge on any atom is -0.478 e. The Bertz CT molecular complexity index is 500. The van der Waals surface area contributed by atoms with Crippen molar-refractivity contribution in [3.05, 3.63) is 29.6 Å². The second-order valence-electron chi connectivity index (χ2n) is 5.06. The van der Waals surface area contributed by atoms with Crippen molar-refractivity contribution >= 4 is 5.91 Å². The summed E-state index contributed by atoms with van der Waals surface area (Å²) in [5, 5.41) is 9.40. The molecule has 6 heteroatoms. The lowest BCUT2D eigenvalue weighted by Gasteiger charge is -2.29. The van der Waals surface area contributed by atoms with Crippen LogP contribution in [0.15, 0.2) is 18.2 Å². The van der Waals surface area contributed by atoms with Gasteiger partial charge in [0, 0.05) is 13.1 Å². The van der Waals surface area contributed by atoms with Gasteiger partial charge in [0.25, 0.3) is 5.91 Å². The molecule has 1 amide bonds. The van der Waals surface area contributed by atoms with E-state index < -0.39 is 18.0 Å². The number of carbonyl (C=O) groups excluding carboxylic acids is 1. The van der Waals surface area contributed by atoms with Crippen LogP contribution in [0.4, 0.5) is 4.39 Å². The lowest BCUT2D eigenvalue weighted by molar-refractivity contribution is -0.142. The number of aliphatic hydroxyl groups excluding tert-OH is 1. The van der Waals surface area contributed by atoms with Gasteiger partial charge in [0.15, 0.2) is 17.7 Å². The summed E-state index contributed by atoms with van der Waals surface area (Å²) in [7, 11) is 0. The molecule has 1 aromatic carbocycles. The number of amides is 1. The van der Waals surface area contributed by atoms with E-state index in [9.17, 15) is 14.3 Å². The summed E-state index contributed by atoms with van der Waals surface area (Å²) in [6.45, 7) is 5.22. The van der Waals surface area contributed by atoms with Gasteiger partial charge in [-0.2, -0.15) is 0 Å². The van der Waals surface area contributed by atoms with Crippen LogP contribution in [0, 0.1) is 5.82 Å². The molecule has 0 spiro atoms.